The van der Waals surface area contributed by atoms with E-state index in [-0.39, 0.29) is 5.91 Å². The minimum Gasteiger partial charge on any atom is -0.491 e. The molecule has 0 saturated heterocycles. The first-order chi connectivity index (χ1) is 20.2. The van der Waals surface area contributed by atoms with Crippen LogP contribution in [0.4, 0.5) is 5.69 Å². The van der Waals surface area contributed by atoms with Crippen molar-refractivity contribution in [1.29, 1.82) is 0 Å². The van der Waals surface area contributed by atoms with Crippen LogP contribution in [0, 0.1) is 5.92 Å². The third kappa shape index (κ3) is 11.7. The summed E-state index contributed by atoms with van der Waals surface area (Å²) in [6.07, 6.45) is 11.8. The molecule has 4 rings (SSSR count). The van der Waals surface area contributed by atoms with Gasteiger partial charge in [-0.1, -0.05) is 55.4 Å². The van der Waals surface area contributed by atoms with E-state index in [0.717, 1.165) is 64.9 Å². The van der Waals surface area contributed by atoms with Gasteiger partial charge in [-0.25, -0.2) is 4.99 Å². The van der Waals surface area contributed by atoms with Crippen LogP contribution < -0.4 is 15.4 Å². The van der Waals surface area contributed by atoms with E-state index in [9.17, 15) is 4.79 Å². The smallest absolute Gasteiger partial charge is 0.248 e. The number of carbonyl (C=O) groups is 1. The summed E-state index contributed by atoms with van der Waals surface area (Å²) in [6.45, 7) is 5.09. The quantitative estimate of drug-likeness (QED) is 0.0571. The number of anilines is 1. The molecular weight excluding hydrogens is 530 g/mol. The van der Waals surface area contributed by atoms with Crippen LogP contribution in [0.5, 0.6) is 5.75 Å². The van der Waals surface area contributed by atoms with Crippen molar-refractivity contribution in [2.24, 2.45) is 10.9 Å². The van der Waals surface area contributed by atoms with Gasteiger partial charge < -0.3 is 20.1 Å². The van der Waals surface area contributed by atoms with Gasteiger partial charge in [-0.2, -0.15) is 0 Å². The van der Waals surface area contributed by atoms with Crippen LogP contribution in [0.2, 0.25) is 0 Å². The largest absolute Gasteiger partial charge is 0.491 e. The average molecular weight is 570 g/mol. The van der Waals surface area contributed by atoms with Gasteiger partial charge in [0.2, 0.25) is 5.91 Å². The van der Waals surface area contributed by atoms with Gasteiger partial charge in [0.15, 0.2) is 0 Å². The summed E-state index contributed by atoms with van der Waals surface area (Å²) in [5, 5.41) is 8.07. The number of thioether (sulfide) groups is 1. The maximum absolute atomic E-state index is 12.5. The first kappa shape index (κ1) is 30.2. The summed E-state index contributed by atoms with van der Waals surface area (Å²) >= 11 is 1.58. The number of hydrogen-bond donors (Lipinski definition) is 2. The monoisotopic (exact) mass is 569 g/mol. The number of hydrogen-bond acceptors (Lipinski definition) is 5. The Hall–Kier alpha value is -3.81. The van der Waals surface area contributed by atoms with Gasteiger partial charge in [0, 0.05) is 36.0 Å². The summed E-state index contributed by atoms with van der Waals surface area (Å²) in [4.78, 5) is 17.8. The van der Waals surface area contributed by atoms with Gasteiger partial charge >= 0.3 is 0 Å². The second-order valence-corrected chi connectivity index (χ2v) is 10.8. The Bertz CT molecular complexity index is 1300. The second kappa shape index (κ2) is 17.1. The molecule has 1 fully saturated rings. The number of amides is 1. The van der Waals surface area contributed by atoms with Gasteiger partial charge in [0.25, 0.3) is 0 Å². The highest BCUT2D eigenvalue weighted by atomic mass is 32.2. The highest BCUT2D eigenvalue weighted by Gasteiger charge is 2.19. The van der Waals surface area contributed by atoms with Crippen molar-refractivity contribution in [3.05, 3.63) is 96.0 Å². The molecule has 0 aliphatic heterocycles. The van der Waals surface area contributed by atoms with Crippen LogP contribution in [-0.4, -0.2) is 38.6 Å². The van der Waals surface area contributed by atoms with E-state index in [0.29, 0.717) is 13.2 Å². The van der Waals surface area contributed by atoms with Crippen molar-refractivity contribution < 1.29 is 14.3 Å². The lowest BCUT2D eigenvalue weighted by Gasteiger charge is -2.08. The van der Waals surface area contributed by atoms with Gasteiger partial charge in [0.05, 0.1) is 12.9 Å². The van der Waals surface area contributed by atoms with Gasteiger partial charge in [-0.3, -0.25) is 4.79 Å². The molecule has 41 heavy (non-hydrogen) atoms. The molecule has 0 radical (unpaired) electrons. The Morgan fingerprint density at radius 2 is 1.83 bits per heavy atom. The number of ether oxygens (including phenoxy) is 2. The maximum Gasteiger partial charge on any atom is 0.248 e. The summed E-state index contributed by atoms with van der Waals surface area (Å²) in [5.74, 6) is 1.48. The third-order valence-corrected chi connectivity index (χ3v) is 7.18. The molecule has 214 valence electrons. The van der Waals surface area contributed by atoms with Crippen LogP contribution in [-0.2, 0) is 9.53 Å². The molecule has 3 aromatic carbocycles. The van der Waals surface area contributed by atoms with E-state index in [1.165, 1.54) is 12.8 Å². The molecule has 6 nitrogen and oxygen atoms in total. The first-order valence-corrected chi connectivity index (χ1v) is 15.1. The molecule has 1 aliphatic carbocycles. The van der Waals surface area contributed by atoms with Crippen molar-refractivity contribution >= 4 is 35.8 Å². The lowest BCUT2D eigenvalue weighted by Crippen LogP contribution is -2.13. The fraction of sp³-hybridized carbons (Fsp3) is 0.294. The SMILES string of the molecule is CCCCOCCOc1ccc(-c2cccc(/C=C/C(=O)Nc3ccc(S/C=C/N=C\NCC4CC4)cc3)c2)cc1. The zero-order valence-corrected chi connectivity index (χ0v) is 24.4. The molecule has 7 heteroatoms. The molecule has 0 heterocycles. The van der Waals surface area contributed by atoms with Gasteiger partial charge in [-0.15, -0.1) is 0 Å². The van der Waals surface area contributed by atoms with E-state index in [2.05, 4.69) is 34.7 Å². The highest BCUT2D eigenvalue weighted by molar-refractivity contribution is 8.02. The molecule has 0 aromatic heterocycles. The van der Waals surface area contributed by atoms with Crippen LogP contribution in [0.15, 0.2) is 100 Å². The van der Waals surface area contributed by atoms with Crippen molar-refractivity contribution in [1.82, 2.24) is 5.32 Å². The third-order valence-electron chi connectivity index (χ3n) is 6.38. The Balaban J connectivity index is 1.20. The topological polar surface area (TPSA) is 72.0 Å². The Kier molecular flexibility index (Phi) is 12.6. The number of unbranched alkanes of at least 4 members (excludes halogenated alkanes) is 1. The van der Waals surface area contributed by atoms with Crippen molar-refractivity contribution in [2.45, 2.75) is 37.5 Å². The molecule has 1 saturated carbocycles. The molecule has 0 unspecified atom stereocenters. The first-order valence-electron chi connectivity index (χ1n) is 14.3. The number of nitrogens with one attached hydrogen (secondary N) is 2. The minimum atomic E-state index is -0.177. The molecule has 0 spiro atoms. The molecule has 0 atom stereocenters. The molecular formula is C34H39N3O3S. The lowest BCUT2D eigenvalue weighted by atomic mass is 10.0. The zero-order chi connectivity index (χ0) is 28.5. The second-order valence-electron chi connectivity index (χ2n) is 9.84. The van der Waals surface area contributed by atoms with Gasteiger partial charge in [-0.05, 0) is 95.8 Å². The highest BCUT2D eigenvalue weighted by Crippen LogP contribution is 2.27. The minimum absolute atomic E-state index is 0.177. The number of carbonyl (C=O) groups excluding carboxylic acids is 1. The van der Waals surface area contributed by atoms with Crippen molar-refractivity contribution in [2.75, 3.05) is 31.7 Å². The van der Waals surface area contributed by atoms with Crippen LogP contribution in [0.3, 0.4) is 0 Å². The number of rotatable bonds is 17. The average Bonchev–Trinajstić information content (AvgIpc) is 3.83. The van der Waals surface area contributed by atoms with Gasteiger partial charge in [0.1, 0.15) is 12.4 Å². The number of nitrogens with zero attached hydrogens (tertiary/aromatic N) is 1. The fourth-order valence-electron chi connectivity index (χ4n) is 3.89. The Labute approximate surface area is 248 Å². The van der Waals surface area contributed by atoms with Crippen LogP contribution >= 0.6 is 11.8 Å². The predicted octanol–water partition coefficient (Wildman–Crippen LogP) is 7.79. The Morgan fingerprint density at radius 1 is 1.00 bits per heavy atom. The van der Waals surface area contributed by atoms with E-state index >= 15 is 0 Å². The molecule has 3 aromatic rings. The molecule has 0 bridgehead atoms. The van der Waals surface area contributed by atoms with Crippen LogP contribution in [0.1, 0.15) is 38.2 Å². The van der Waals surface area contributed by atoms with E-state index in [4.69, 9.17) is 9.47 Å². The summed E-state index contributed by atoms with van der Waals surface area (Å²) in [7, 11) is 0. The zero-order valence-electron chi connectivity index (χ0n) is 23.6. The van der Waals surface area contributed by atoms with E-state index < -0.39 is 0 Å². The molecule has 1 aliphatic rings. The van der Waals surface area contributed by atoms with Crippen LogP contribution in [0.25, 0.3) is 17.2 Å². The van der Waals surface area contributed by atoms with E-state index in [1.54, 1.807) is 30.4 Å². The van der Waals surface area contributed by atoms with Crippen molar-refractivity contribution in [3.8, 4) is 16.9 Å². The van der Waals surface area contributed by atoms with E-state index in [1.807, 2.05) is 72.1 Å². The summed E-state index contributed by atoms with van der Waals surface area (Å²) in [5.41, 5.74) is 3.86. The summed E-state index contributed by atoms with van der Waals surface area (Å²) < 4.78 is 11.3. The molecule has 1 amide bonds. The standard InChI is InChI=1S/C34H39N3O3S/c1-2-3-20-39-21-22-40-32-14-10-29(11-15-32)30-6-4-5-27(24-30)9-18-34(38)37-31-12-16-33(17-13-31)41-23-19-35-26-36-25-28-7-8-28/h4-6,9-19,23-24,26,28H,2-3,7-8,20-22,25H2,1H3,(H,35,36)(H,37,38)/b18-9+,23-19+. The summed E-state index contributed by atoms with van der Waals surface area (Å²) in [6, 6.07) is 23.9. The van der Waals surface area contributed by atoms with Crippen molar-refractivity contribution in [3.63, 3.8) is 0 Å². The maximum atomic E-state index is 12.5. The number of aliphatic imine (C=N–C) groups is 1. The lowest BCUT2D eigenvalue weighted by molar-refractivity contribution is -0.111. The molecule has 2 N–H and O–H groups in total. The normalized spacial score (nSPS) is 13.3. The Morgan fingerprint density at radius 3 is 2.61 bits per heavy atom. The fourth-order valence-corrected chi connectivity index (χ4v) is 4.47. The predicted molar refractivity (Wildman–Crippen MR) is 171 cm³/mol. The number of benzene rings is 3.